The molecule has 5 rings (SSSR count). The van der Waals surface area contributed by atoms with Gasteiger partial charge in [0.25, 0.3) is 0 Å². The van der Waals surface area contributed by atoms with Crippen molar-refractivity contribution in [3.05, 3.63) is 108 Å². The lowest BCUT2D eigenvalue weighted by atomic mass is 9.95. The van der Waals surface area contributed by atoms with Gasteiger partial charge in [-0.05, 0) is 16.7 Å². The van der Waals surface area contributed by atoms with Crippen molar-refractivity contribution < 1.29 is 71.7 Å². The number of amides is 1. The minimum atomic E-state index is -2.01. The van der Waals surface area contributed by atoms with Crippen LogP contribution in [0.3, 0.4) is 0 Å². The second-order valence-electron chi connectivity index (χ2n) is 14.0. The fourth-order valence-electron chi connectivity index (χ4n) is 6.62. The molecule has 0 radical (unpaired) electrons. The molecular formula is C42H48Cl3NO15. The average Bonchev–Trinajstić information content (AvgIpc) is 3.21. The minimum absolute atomic E-state index is 0.0110. The molecule has 2 N–H and O–H groups in total. The highest BCUT2D eigenvalue weighted by atomic mass is 35.6. The number of rotatable bonds is 18. The molecule has 0 saturated carbocycles. The lowest BCUT2D eigenvalue weighted by Gasteiger charge is -2.49. The Morgan fingerprint density at radius 3 is 1.66 bits per heavy atom. The van der Waals surface area contributed by atoms with Gasteiger partial charge in [-0.2, -0.15) is 0 Å². The summed E-state index contributed by atoms with van der Waals surface area (Å²) in [5.74, 6) is -2.42. The lowest BCUT2D eigenvalue weighted by molar-refractivity contribution is -0.358. The highest BCUT2D eigenvalue weighted by Crippen LogP contribution is 2.35. The van der Waals surface area contributed by atoms with E-state index < -0.39 is 102 Å². The molecule has 2 fully saturated rings. The summed E-state index contributed by atoms with van der Waals surface area (Å²) in [5.41, 5.74) is 2.49. The number of benzene rings is 3. The van der Waals surface area contributed by atoms with Crippen LogP contribution in [0.5, 0.6) is 0 Å². The maximum atomic E-state index is 13.3. The first-order valence-electron chi connectivity index (χ1n) is 19.2. The second-order valence-corrected chi connectivity index (χ2v) is 16.6. The molecule has 3 aromatic rings. The molecule has 0 unspecified atom stereocenters. The lowest BCUT2D eigenvalue weighted by Crippen LogP contribution is -2.69. The topological polar surface area (TPSA) is 193 Å². The molecule has 1 amide bonds. The number of carbonyl (C=O) groups excluding carboxylic acids is 4. The van der Waals surface area contributed by atoms with Gasteiger partial charge < -0.3 is 57.8 Å². The Balaban J connectivity index is 1.54. The van der Waals surface area contributed by atoms with E-state index in [9.17, 15) is 24.3 Å². The van der Waals surface area contributed by atoms with Crippen LogP contribution in [0.4, 0.5) is 4.79 Å². The van der Waals surface area contributed by atoms with Gasteiger partial charge in [0, 0.05) is 20.8 Å². The van der Waals surface area contributed by atoms with Crippen molar-refractivity contribution in [2.75, 3.05) is 19.8 Å². The summed E-state index contributed by atoms with van der Waals surface area (Å²) < 4.78 is 57.8. The second kappa shape index (κ2) is 23.4. The fraction of sp³-hybridized carbons (Fsp3) is 0.476. The van der Waals surface area contributed by atoms with E-state index in [0.29, 0.717) is 0 Å². The molecule has 332 valence electrons. The van der Waals surface area contributed by atoms with Crippen molar-refractivity contribution in [3.63, 3.8) is 0 Å². The van der Waals surface area contributed by atoms with Crippen LogP contribution in [0.1, 0.15) is 37.5 Å². The Bertz CT molecular complexity index is 1840. The third-order valence-corrected chi connectivity index (χ3v) is 9.54. The van der Waals surface area contributed by atoms with Crippen LogP contribution < -0.4 is 5.32 Å². The zero-order valence-electron chi connectivity index (χ0n) is 33.5. The number of ether oxygens (including phenoxy) is 10. The average molecular weight is 913 g/mol. The Morgan fingerprint density at radius 1 is 0.623 bits per heavy atom. The molecule has 0 spiro atoms. The summed E-state index contributed by atoms with van der Waals surface area (Å²) in [5, 5.41) is 14.3. The molecule has 2 saturated heterocycles. The van der Waals surface area contributed by atoms with Crippen LogP contribution in [0.2, 0.25) is 0 Å². The minimum Gasteiger partial charge on any atom is -0.463 e. The Morgan fingerprint density at radius 2 is 1.13 bits per heavy atom. The van der Waals surface area contributed by atoms with E-state index >= 15 is 0 Å². The third kappa shape index (κ3) is 15.4. The number of hydrogen-bond donors (Lipinski definition) is 2. The molecule has 10 atom stereocenters. The largest absolute Gasteiger partial charge is 0.463 e. The number of halogens is 3. The van der Waals surface area contributed by atoms with E-state index in [1.165, 1.54) is 0 Å². The van der Waals surface area contributed by atoms with Gasteiger partial charge in [-0.3, -0.25) is 14.4 Å². The number of aliphatic hydroxyl groups excluding tert-OH is 1. The quantitative estimate of drug-likeness (QED) is 0.0973. The first-order valence-corrected chi connectivity index (χ1v) is 20.3. The van der Waals surface area contributed by atoms with Gasteiger partial charge in [-0.25, -0.2) is 4.79 Å². The zero-order valence-corrected chi connectivity index (χ0v) is 35.7. The summed E-state index contributed by atoms with van der Waals surface area (Å²) in [6, 6.07) is 26.4. The van der Waals surface area contributed by atoms with Crippen molar-refractivity contribution >= 4 is 58.8 Å². The fourth-order valence-corrected chi connectivity index (χ4v) is 6.78. The summed E-state index contributed by atoms with van der Waals surface area (Å²) in [6.45, 7) is 2.35. The summed E-state index contributed by atoms with van der Waals surface area (Å²) in [7, 11) is 0. The Kier molecular flexibility index (Phi) is 18.4. The predicted molar refractivity (Wildman–Crippen MR) is 217 cm³/mol. The highest BCUT2D eigenvalue weighted by Gasteiger charge is 2.55. The van der Waals surface area contributed by atoms with Gasteiger partial charge in [0.1, 0.15) is 49.8 Å². The van der Waals surface area contributed by atoms with Gasteiger partial charge in [0.05, 0.1) is 26.4 Å². The number of nitrogens with one attached hydrogen (secondary N) is 1. The maximum Gasteiger partial charge on any atom is 0.407 e. The highest BCUT2D eigenvalue weighted by molar-refractivity contribution is 6.67. The smallest absolute Gasteiger partial charge is 0.407 e. The van der Waals surface area contributed by atoms with E-state index in [0.717, 1.165) is 37.5 Å². The van der Waals surface area contributed by atoms with Gasteiger partial charge in [0.2, 0.25) is 3.79 Å². The van der Waals surface area contributed by atoms with E-state index in [1.54, 1.807) is 0 Å². The maximum absolute atomic E-state index is 13.3. The first kappa shape index (κ1) is 48.0. The molecule has 2 aliphatic rings. The molecular weight excluding hydrogens is 865 g/mol. The van der Waals surface area contributed by atoms with Crippen molar-refractivity contribution in [1.82, 2.24) is 5.32 Å². The summed E-state index contributed by atoms with van der Waals surface area (Å²) in [4.78, 5) is 50.3. The standard InChI is InChI=1S/C42H48Cl3NO15/c1-25(47)53-23-32-35(57-26(2)48)36(58-27(3)49)33(46-41(51)56-24-42(43,44)45)40(60-32)61-38-37(55-21-30-17-11-6-12-18-30)34(54-20-29-15-9-5-10-16-29)31(59-39(38)50)22-52-19-28-13-7-4-8-14-28/h4-18,31-40,50H,19-24H2,1-3H3,(H,46,51)/t31-,32-,33-,34-,35-,36-,37+,38-,39+,40+/m1/s1. The monoisotopic (exact) mass is 911 g/mol. The molecule has 0 aliphatic carbocycles. The van der Waals surface area contributed by atoms with E-state index in [-0.39, 0.29) is 26.4 Å². The Hall–Kier alpha value is -4.07. The first-order chi connectivity index (χ1) is 29.2. The van der Waals surface area contributed by atoms with Crippen LogP contribution in [0.25, 0.3) is 0 Å². The predicted octanol–water partition coefficient (Wildman–Crippen LogP) is 5.09. The van der Waals surface area contributed by atoms with E-state index in [1.807, 2.05) is 91.0 Å². The third-order valence-electron chi connectivity index (χ3n) is 9.22. The van der Waals surface area contributed by atoms with Crippen LogP contribution in [-0.2, 0) is 81.6 Å². The van der Waals surface area contributed by atoms with Gasteiger partial charge >= 0.3 is 24.0 Å². The number of carbonyl (C=O) groups is 4. The van der Waals surface area contributed by atoms with Crippen LogP contribution in [0.15, 0.2) is 91.0 Å². The van der Waals surface area contributed by atoms with Gasteiger partial charge in [0.15, 0.2) is 24.8 Å². The van der Waals surface area contributed by atoms with Crippen molar-refractivity contribution in [2.45, 2.75) is 106 Å². The molecule has 2 aliphatic heterocycles. The van der Waals surface area contributed by atoms with Crippen LogP contribution in [-0.4, -0.2) is 114 Å². The molecule has 3 aromatic carbocycles. The number of alkyl carbamates (subject to hydrolysis) is 1. The molecule has 61 heavy (non-hydrogen) atoms. The SMILES string of the molecule is CC(=O)OC[C@H]1O[C@@H](O[C@@H]2[C@@H](OCc3ccccc3)[C@H](OCc3ccccc3)[C@@H](COCc3ccccc3)O[C@@H]2O)[C@H](NC(=O)OCC(Cl)(Cl)Cl)[C@@H](OC(C)=O)[C@@H]1OC(C)=O. The summed E-state index contributed by atoms with van der Waals surface area (Å²) in [6.07, 6.45) is -13.7. The normalized spacial score (nSPS) is 26.4. The van der Waals surface area contributed by atoms with E-state index in [2.05, 4.69) is 5.32 Å². The summed E-state index contributed by atoms with van der Waals surface area (Å²) >= 11 is 17.5. The molecule has 16 nitrogen and oxygen atoms in total. The van der Waals surface area contributed by atoms with Crippen molar-refractivity contribution in [2.24, 2.45) is 0 Å². The number of aliphatic hydroxyl groups is 1. The zero-order chi connectivity index (χ0) is 43.9. The van der Waals surface area contributed by atoms with Crippen LogP contribution in [0, 0.1) is 0 Å². The number of alkyl halides is 3. The van der Waals surface area contributed by atoms with Gasteiger partial charge in [-0.1, -0.05) is 126 Å². The molecule has 0 aromatic heterocycles. The number of esters is 3. The van der Waals surface area contributed by atoms with E-state index in [4.69, 9.17) is 82.2 Å². The van der Waals surface area contributed by atoms with Crippen molar-refractivity contribution in [1.29, 1.82) is 0 Å². The van der Waals surface area contributed by atoms with Crippen LogP contribution >= 0.6 is 34.8 Å². The number of hydrogen-bond acceptors (Lipinski definition) is 15. The molecule has 19 heteroatoms. The molecule has 2 heterocycles. The van der Waals surface area contributed by atoms with Crippen molar-refractivity contribution in [3.8, 4) is 0 Å². The Labute approximate surface area is 367 Å². The van der Waals surface area contributed by atoms with Gasteiger partial charge in [-0.15, -0.1) is 0 Å². The molecule has 0 bridgehead atoms.